The predicted octanol–water partition coefficient (Wildman–Crippen LogP) is 2.63. The SMILES string of the molecule is CCCCN1C(=O)C(=O)c2c(C)cc(C)cc21. The fourth-order valence-electron chi connectivity index (χ4n) is 2.33. The Morgan fingerprint density at radius 2 is 1.88 bits per heavy atom. The maximum absolute atomic E-state index is 11.9. The summed E-state index contributed by atoms with van der Waals surface area (Å²) in [5.41, 5.74) is 3.38. The number of unbranched alkanes of at least 4 members (excludes halogenated alkanes) is 1. The highest BCUT2D eigenvalue weighted by Crippen LogP contribution is 2.32. The lowest BCUT2D eigenvalue weighted by molar-refractivity contribution is -0.114. The second kappa shape index (κ2) is 4.32. The minimum absolute atomic E-state index is 0.353. The Bertz CT molecular complexity index is 491. The smallest absolute Gasteiger partial charge is 0.299 e. The van der Waals surface area contributed by atoms with Crippen LogP contribution in [-0.4, -0.2) is 18.2 Å². The summed E-state index contributed by atoms with van der Waals surface area (Å²) in [4.78, 5) is 25.4. The van der Waals surface area contributed by atoms with Gasteiger partial charge in [0, 0.05) is 6.54 Å². The minimum atomic E-state index is -0.373. The van der Waals surface area contributed by atoms with Crippen molar-refractivity contribution in [3.63, 3.8) is 0 Å². The molecule has 0 unspecified atom stereocenters. The Labute approximate surface area is 101 Å². The van der Waals surface area contributed by atoms with E-state index >= 15 is 0 Å². The Morgan fingerprint density at radius 3 is 2.53 bits per heavy atom. The van der Waals surface area contributed by atoms with E-state index in [4.69, 9.17) is 0 Å². The fourth-order valence-corrected chi connectivity index (χ4v) is 2.33. The summed E-state index contributed by atoms with van der Waals surface area (Å²) in [5, 5.41) is 0. The van der Waals surface area contributed by atoms with E-state index in [1.807, 2.05) is 26.0 Å². The third-order valence-corrected chi connectivity index (χ3v) is 3.15. The first-order chi connectivity index (χ1) is 8.06. The Morgan fingerprint density at radius 1 is 1.18 bits per heavy atom. The van der Waals surface area contributed by atoms with Crippen molar-refractivity contribution in [1.29, 1.82) is 0 Å². The largest absolute Gasteiger partial charge is 0.305 e. The Hall–Kier alpha value is -1.64. The van der Waals surface area contributed by atoms with Gasteiger partial charge in [-0.15, -0.1) is 0 Å². The van der Waals surface area contributed by atoms with Crippen LogP contribution in [0.4, 0.5) is 5.69 Å². The van der Waals surface area contributed by atoms with E-state index in [0.717, 1.165) is 29.7 Å². The van der Waals surface area contributed by atoms with Gasteiger partial charge < -0.3 is 4.90 Å². The average Bonchev–Trinajstić information content (AvgIpc) is 2.49. The molecule has 1 aliphatic rings. The molecule has 0 aliphatic carbocycles. The minimum Gasteiger partial charge on any atom is -0.305 e. The van der Waals surface area contributed by atoms with Crippen LogP contribution in [0.25, 0.3) is 0 Å². The van der Waals surface area contributed by atoms with Crippen molar-refractivity contribution in [1.82, 2.24) is 0 Å². The van der Waals surface area contributed by atoms with Gasteiger partial charge in [-0.25, -0.2) is 0 Å². The highest BCUT2D eigenvalue weighted by Gasteiger charge is 2.36. The standard InChI is InChI=1S/C14H17NO2/c1-4-5-6-15-11-8-9(2)7-10(3)12(11)13(16)14(15)17/h7-8H,4-6H2,1-3H3. The third kappa shape index (κ3) is 1.86. The van der Waals surface area contributed by atoms with Crippen LogP contribution in [0, 0.1) is 13.8 Å². The molecule has 1 aromatic rings. The molecule has 0 aromatic heterocycles. The number of benzene rings is 1. The van der Waals surface area contributed by atoms with Gasteiger partial charge >= 0.3 is 0 Å². The number of Topliss-reactive ketones (excluding diaryl/α,β-unsaturated/α-hetero) is 1. The molecule has 0 N–H and O–H groups in total. The molecule has 0 bridgehead atoms. The van der Waals surface area contributed by atoms with E-state index < -0.39 is 0 Å². The molecule has 1 aromatic carbocycles. The molecule has 2 rings (SSSR count). The summed E-state index contributed by atoms with van der Waals surface area (Å²) >= 11 is 0. The summed E-state index contributed by atoms with van der Waals surface area (Å²) in [7, 11) is 0. The van der Waals surface area contributed by atoms with Gasteiger partial charge in [0.05, 0.1) is 11.3 Å². The maximum Gasteiger partial charge on any atom is 0.299 e. The van der Waals surface area contributed by atoms with E-state index in [1.165, 1.54) is 0 Å². The van der Waals surface area contributed by atoms with Crippen LogP contribution < -0.4 is 4.90 Å². The number of carbonyl (C=O) groups excluding carboxylic acids is 2. The number of nitrogens with zero attached hydrogens (tertiary/aromatic N) is 1. The molecule has 1 heterocycles. The van der Waals surface area contributed by atoms with E-state index in [2.05, 4.69) is 6.92 Å². The monoisotopic (exact) mass is 231 g/mol. The second-order valence-corrected chi connectivity index (χ2v) is 4.62. The quantitative estimate of drug-likeness (QED) is 0.750. The first kappa shape index (κ1) is 11.8. The van der Waals surface area contributed by atoms with Crippen LogP contribution in [0.2, 0.25) is 0 Å². The summed E-state index contributed by atoms with van der Waals surface area (Å²) in [6.07, 6.45) is 1.93. The lowest BCUT2D eigenvalue weighted by Crippen LogP contribution is -2.30. The average molecular weight is 231 g/mol. The number of hydrogen-bond donors (Lipinski definition) is 0. The molecular weight excluding hydrogens is 214 g/mol. The number of amides is 1. The van der Waals surface area contributed by atoms with Gasteiger partial charge in [0.2, 0.25) is 0 Å². The number of aryl methyl sites for hydroxylation is 2. The summed E-state index contributed by atoms with van der Waals surface area (Å²) in [5.74, 6) is -0.726. The normalized spacial score (nSPS) is 14.4. The number of fused-ring (bicyclic) bond motifs is 1. The number of rotatable bonds is 3. The molecule has 0 saturated carbocycles. The molecule has 1 amide bonds. The third-order valence-electron chi connectivity index (χ3n) is 3.15. The van der Waals surface area contributed by atoms with Crippen LogP contribution in [0.3, 0.4) is 0 Å². The first-order valence-corrected chi connectivity index (χ1v) is 6.03. The van der Waals surface area contributed by atoms with Gasteiger partial charge in [0.1, 0.15) is 0 Å². The number of carbonyl (C=O) groups is 2. The summed E-state index contributed by atoms with van der Waals surface area (Å²) in [6, 6.07) is 3.88. The van der Waals surface area contributed by atoms with Gasteiger partial charge in [0.15, 0.2) is 0 Å². The van der Waals surface area contributed by atoms with Gasteiger partial charge in [-0.3, -0.25) is 9.59 Å². The first-order valence-electron chi connectivity index (χ1n) is 6.03. The van der Waals surface area contributed by atoms with Crippen molar-refractivity contribution in [2.24, 2.45) is 0 Å². The Balaban J connectivity index is 2.48. The van der Waals surface area contributed by atoms with Crippen molar-refractivity contribution >= 4 is 17.4 Å². The van der Waals surface area contributed by atoms with Crippen molar-refractivity contribution in [3.05, 3.63) is 28.8 Å². The van der Waals surface area contributed by atoms with Crippen LogP contribution in [-0.2, 0) is 4.79 Å². The van der Waals surface area contributed by atoms with Crippen molar-refractivity contribution < 1.29 is 9.59 Å². The van der Waals surface area contributed by atoms with E-state index in [1.54, 1.807) is 4.90 Å². The fraction of sp³-hybridized carbons (Fsp3) is 0.429. The molecule has 1 aliphatic heterocycles. The molecular formula is C14H17NO2. The van der Waals surface area contributed by atoms with E-state index in [-0.39, 0.29) is 11.7 Å². The summed E-state index contributed by atoms with van der Waals surface area (Å²) < 4.78 is 0. The van der Waals surface area contributed by atoms with Gasteiger partial charge in [-0.1, -0.05) is 19.4 Å². The zero-order valence-electron chi connectivity index (χ0n) is 10.5. The van der Waals surface area contributed by atoms with Gasteiger partial charge in [-0.2, -0.15) is 0 Å². The maximum atomic E-state index is 11.9. The molecule has 0 saturated heterocycles. The molecule has 0 atom stereocenters. The van der Waals surface area contributed by atoms with Gasteiger partial charge in [-0.05, 0) is 37.5 Å². The number of ketones is 1. The van der Waals surface area contributed by atoms with Crippen molar-refractivity contribution in [3.8, 4) is 0 Å². The van der Waals surface area contributed by atoms with Crippen LogP contribution in [0.15, 0.2) is 12.1 Å². The highest BCUT2D eigenvalue weighted by molar-refractivity contribution is 6.52. The molecule has 3 nitrogen and oxygen atoms in total. The molecule has 3 heteroatoms. The molecule has 0 fully saturated rings. The number of hydrogen-bond acceptors (Lipinski definition) is 2. The van der Waals surface area contributed by atoms with Crippen LogP contribution in [0.5, 0.6) is 0 Å². The van der Waals surface area contributed by atoms with Gasteiger partial charge in [0.25, 0.3) is 11.7 Å². The predicted molar refractivity (Wildman–Crippen MR) is 67.5 cm³/mol. The molecule has 0 radical (unpaired) electrons. The zero-order chi connectivity index (χ0) is 12.6. The highest BCUT2D eigenvalue weighted by atomic mass is 16.2. The molecule has 0 spiro atoms. The summed E-state index contributed by atoms with van der Waals surface area (Å²) in [6.45, 7) is 6.58. The van der Waals surface area contributed by atoms with E-state index in [0.29, 0.717) is 12.1 Å². The second-order valence-electron chi connectivity index (χ2n) is 4.62. The zero-order valence-corrected chi connectivity index (χ0v) is 10.5. The molecule has 17 heavy (non-hydrogen) atoms. The van der Waals surface area contributed by atoms with Crippen LogP contribution in [0.1, 0.15) is 41.3 Å². The topological polar surface area (TPSA) is 37.4 Å². The lowest BCUT2D eigenvalue weighted by atomic mass is 10.0. The van der Waals surface area contributed by atoms with E-state index in [9.17, 15) is 9.59 Å². The number of anilines is 1. The Kier molecular flexibility index (Phi) is 3.01. The van der Waals surface area contributed by atoms with Crippen molar-refractivity contribution in [2.45, 2.75) is 33.6 Å². The lowest BCUT2D eigenvalue weighted by Gasteiger charge is -2.16. The van der Waals surface area contributed by atoms with Crippen molar-refractivity contribution in [2.75, 3.05) is 11.4 Å². The van der Waals surface area contributed by atoms with Crippen LogP contribution >= 0.6 is 0 Å². The molecule has 90 valence electrons.